The van der Waals surface area contributed by atoms with Gasteiger partial charge >= 0.3 is 6.18 Å². The van der Waals surface area contributed by atoms with E-state index in [9.17, 15) is 13.2 Å². The fourth-order valence-corrected chi connectivity index (χ4v) is 2.28. The summed E-state index contributed by atoms with van der Waals surface area (Å²) >= 11 is 5.79. The molecule has 2 nitrogen and oxygen atoms in total. The van der Waals surface area contributed by atoms with E-state index >= 15 is 0 Å². The first kappa shape index (κ1) is 19.1. The first-order valence-electron chi connectivity index (χ1n) is 7.77. The van der Waals surface area contributed by atoms with Gasteiger partial charge in [-0.3, -0.25) is 0 Å². The lowest BCUT2D eigenvalue weighted by atomic mass is 10.0. The number of nitrogens with zero attached hydrogens (tertiary/aromatic N) is 2. The summed E-state index contributed by atoms with van der Waals surface area (Å²) in [5.41, 5.74) is -0.743. The minimum absolute atomic E-state index is 0.116. The van der Waals surface area contributed by atoms with Crippen LogP contribution in [0.2, 0.25) is 5.15 Å². The molecule has 0 fully saturated rings. The van der Waals surface area contributed by atoms with Crippen molar-refractivity contribution in [3.8, 4) is 0 Å². The molecule has 1 aromatic rings. The highest BCUT2D eigenvalue weighted by Crippen LogP contribution is 2.33. The molecule has 126 valence electrons. The molecular weight excluding hydrogens is 313 g/mol. The summed E-state index contributed by atoms with van der Waals surface area (Å²) < 4.78 is 38.8. The lowest BCUT2D eigenvalue weighted by Gasteiger charge is -2.26. The van der Waals surface area contributed by atoms with Gasteiger partial charge in [0.05, 0.1) is 5.56 Å². The van der Waals surface area contributed by atoms with E-state index in [0.29, 0.717) is 24.8 Å². The average molecular weight is 337 g/mol. The Balaban J connectivity index is 2.99. The van der Waals surface area contributed by atoms with E-state index in [1.54, 1.807) is 0 Å². The van der Waals surface area contributed by atoms with E-state index < -0.39 is 11.7 Å². The molecule has 0 aliphatic rings. The van der Waals surface area contributed by atoms with Crippen LogP contribution in [0, 0.1) is 5.92 Å². The van der Waals surface area contributed by atoms with Gasteiger partial charge in [0.2, 0.25) is 0 Å². The lowest BCUT2D eigenvalue weighted by molar-refractivity contribution is -0.137. The number of anilines is 1. The van der Waals surface area contributed by atoms with Gasteiger partial charge in [0.25, 0.3) is 0 Å². The van der Waals surface area contributed by atoms with E-state index in [4.69, 9.17) is 11.6 Å². The Morgan fingerprint density at radius 3 is 2.45 bits per heavy atom. The van der Waals surface area contributed by atoms with Gasteiger partial charge in [-0.15, -0.1) is 0 Å². The third kappa shape index (κ3) is 6.03. The number of pyridine rings is 1. The molecule has 0 saturated carbocycles. The highest BCUT2D eigenvalue weighted by Gasteiger charge is 2.32. The highest BCUT2D eigenvalue weighted by atomic mass is 35.5. The number of hydrogen-bond acceptors (Lipinski definition) is 2. The minimum Gasteiger partial charge on any atom is -0.357 e. The molecule has 0 spiro atoms. The monoisotopic (exact) mass is 336 g/mol. The van der Waals surface area contributed by atoms with Gasteiger partial charge in [0, 0.05) is 13.1 Å². The summed E-state index contributed by atoms with van der Waals surface area (Å²) in [5, 5.41) is -0.116. The van der Waals surface area contributed by atoms with Crippen LogP contribution in [0.15, 0.2) is 12.1 Å². The molecule has 0 aliphatic carbocycles. The van der Waals surface area contributed by atoms with Gasteiger partial charge in [-0.25, -0.2) is 4.98 Å². The maximum atomic E-state index is 12.9. The van der Waals surface area contributed by atoms with Crippen molar-refractivity contribution in [3.05, 3.63) is 22.8 Å². The first-order chi connectivity index (χ1) is 10.3. The Morgan fingerprint density at radius 1 is 1.23 bits per heavy atom. The zero-order valence-electron chi connectivity index (χ0n) is 13.4. The lowest BCUT2D eigenvalue weighted by Crippen LogP contribution is -2.28. The number of hydrogen-bond donors (Lipinski definition) is 0. The Bertz CT molecular complexity index is 463. The van der Waals surface area contributed by atoms with Crippen LogP contribution in [0.25, 0.3) is 0 Å². The molecule has 6 heteroatoms. The van der Waals surface area contributed by atoms with Crippen molar-refractivity contribution in [1.29, 1.82) is 0 Å². The number of halogens is 4. The fourth-order valence-electron chi connectivity index (χ4n) is 2.08. The van der Waals surface area contributed by atoms with E-state index in [1.165, 1.54) is 0 Å². The Hall–Kier alpha value is -0.970. The van der Waals surface area contributed by atoms with Gasteiger partial charge in [0.1, 0.15) is 11.0 Å². The summed E-state index contributed by atoms with van der Waals surface area (Å²) in [5.74, 6) is 0.849. The zero-order chi connectivity index (χ0) is 16.8. The first-order valence-corrected chi connectivity index (χ1v) is 8.15. The summed E-state index contributed by atoms with van der Waals surface area (Å²) in [6, 6.07) is 1.97. The topological polar surface area (TPSA) is 16.1 Å². The predicted molar refractivity (Wildman–Crippen MR) is 85.4 cm³/mol. The Morgan fingerprint density at radius 2 is 1.91 bits per heavy atom. The fraction of sp³-hybridized carbons (Fsp3) is 0.688. The molecule has 0 amide bonds. The molecule has 1 atom stereocenters. The van der Waals surface area contributed by atoms with Crippen molar-refractivity contribution in [2.24, 2.45) is 5.92 Å². The molecule has 0 saturated heterocycles. The third-order valence-corrected chi connectivity index (χ3v) is 4.00. The van der Waals surface area contributed by atoms with E-state index in [-0.39, 0.29) is 5.15 Å². The molecule has 0 aliphatic heterocycles. The molecule has 0 N–H and O–H groups in total. The molecule has 1 aromatic heterocycles. The number of unbranched alkanes of at least 4 members (excludes halogenated alkanes) is 1. The van der Waals surface area contributed by atoms with Gasteiger partial charge in [0.15, 0.2) is 0 Å². The molecule has 0 radical (unpaired) electrons. The zero-order valence-corrected chi connectivity index (χ0v) is 14.1. The summed E-state index contributed by atoms with van der Waals surface area (Å²) in [6.45, 7) is 7.70. The van der Waals surface area contributed by atoms with Gasteiger partial charge in [-0.2, -0.15) is 13.2 Å². The molecule has 0 unspecified atom stereocenters. The largest absolute Gasteiger partial charge is 0.416 e. The highest BCUT2D eigenvalue weighted by molar-refractivity contribution is 6.29. The minimum atomic E-state index is -4.41. The number of aromatic nitrogens is 1. The number of alkyl halides is 3. The van der Waals surface area contributed by atoms with Gasteiger partial charge < -0.3 is 4.90 Å². The summed E-state index contributed by atoms with van der Waals surface area (Å²) in [4.78, 5) is 6.01. The van der Waals surface area contributed by atoms with Gasteiger partial charge in [-0.05, 0) is 30.9 Å². The van der Waals surface area contributed by atoms with Crippen LogP contribution in [-0.4, -0.2) is 18.1 Å². The van der Waals surface area contributed by atoms with E-state index in [0.717, 1.165) is 37.8 Å². The van der Waals surface area contributed by atoms with Crippen LogP contribution in [0.1, 0.15) is 52.0 Å². The van der Waals surface area contributed by atoms with Crippen LogP contribution in [0.3, 0.4) is 0 Å². The second-order valence-electron chi connectivity index (χ2n) is 5.68. The maximum Gasteiger partial charge on any atom is 0.416 e. The SMILES string of the molecule is CCCCN(CC[C@H](C)CC)c1cc(C(F)(F)F)cc(Cl)n1. The molecule has 1 rings (SSSR count). The van der Waals surface area contributed by atoms with Crippen LogP contribution in [0.5, 0.6) is 0 Å². The summed E-state index contributed by atoms with van der Waals surface area (Å²) in [7, 11) is 0. The smallest absolute Gasteiger partial charge is 0.357 e. The normalized spacial score (nSPS) is 13.2. The van der Waals surface area contributed by atoms with Crippen molar-refractivity contribution >= 4 is 17.4 Å². The molecule has 0 bridgehead atoms. The van der Waals surface area contributed by atoms with Crippen molar-refractivity contribution in [1.82, 2.24) is 4.98 Å². The van der Waals surface area contributed by atoms with E-state index in [1.807, 2.05) is 4.90 Å². The van der Waals surface area contributed by atoms with Crippen LogP contribution < -0.4 is 4.90 Å². The molecule has 0 aromatic carbocycles. The third-order valence-electron chi connectivity index (χ3n) is 3.80. The average Bonchev–Trinajstić information content (AvgIpc) is 2.45. The van der Waals surface area contributed by atoms with Crippen LogP contribution >= 0.6 is 11.6 Å². The quantitative estimate of drug-likeness (QED) is 0.558. The second-order valence-corrected chi connectivity index (χ2v) is 6.06. The van der Waals surface area contributed by atoms with Crippen LogP contribution in [-0.2, 0) is 6.18 Å². The Kier molecular flexibility index (Phi) is 7.46. The molecule has 1 heterocycles. The summed E-state index contributed by atoms with van der Waals surface area (Å²) in [6.07, 6.45) is -0.537. The predicted octanol–water partition coefficient (Wildman–Crippen LogP) is 5.80. The van der Waals surface area contributed by atoms with Crippen molar-refractivity contribution in [2.75, 3.05) is 18.0 Å². The van der Waals surface area contributed by atoms with Gasteiger partial charge in [-0.1, -0.05) is 45.2 Å². The van der Waals surface area contributed by atoms with Crippen molar-refractivity contribution < 1.29 is 13.2 Å². The van der Waals surface area contributed by atoms with Crippen LogP contribution in [0.4, 0.5) is 19.0 Å². The van der Waals surface area contributed by atoms with Crippen molar-refractivity contribution in [2.45, 2.75) is 52.6 Å². The van der Waals surface area contributed by atoms with Crippen molar-refractivity contribution in [3.63, 3.8) is 0 Å². The molecular formula is C16H24ClF3N2. The number of rotatable bonds is 8. The maximum absolute atomic E-state index is 12.9. The Labute approximate surface area is 135 Å². The molecule has 22 heavy (non-hydrogen) atoms. The van der Waals surface area contributed by atoms with E-state index in [2.05, 4.69) is 25.8 Å². The second kappa shape index (κ2) is 8.61. The standard InChI is InChI=1S/C16H24ClF3N2/c1-4-6-8-22(9-7-12(3)5-2)15-11-13(16(18,19)20)10-14(17)21-15/h10-12H,4-9H2,1-3H3/t12-/m1/s1.